The first-order valence-electron chi connectivity index (χ1n) is 5.61. The minimum Gasteiger partial charge on any atom is -0.316 e. The molecule has 0 saturated heterocycles. The van der Waals surface area contributed by atoms with E-state index in [1.807, 2.05) is 24.9 Å². The third-order valence-electron chi connectivity index (χ3n) is 2.40. The number of pyridine rings is 1. The molecule has 1 aromatic heterocycles. The number of aromatic nitrogens is 1. The van der Waals surface area contributed by atoms with Crippen LogP contribution in [0.15, 0.2) is 18.5 Å². The first-order chi connectivity index (χ1) is 7.77. The number of hydrogen-bond acceptors (Lipinski definition) is 3. The summed E-state index contributed by atoms with van der Waals surface area (Å²) in [5.41, 5.74) is 1.17. The van der Waals surface area contributed by atoms with E-state index in [-0.39, 0.29) is 0 Å². The molecule has 0 saturated carbocycles. The summed E-state index contributed by atoms with van der Waals surface area (Å²) in [5, 5.41) is 4.10. The van der Waals surface area contributed by atoms with Crippen molar-refractivity contribution in [2.45, 2.75) is 25.8 Å². The molecule has 1 unspecified atom stereocenters. The van der Waals surface area contributed by atoms with Crippen molar-refractivity contribution in [2.24, 2.45) is 0 Å². The summed E-state index contributed by atoms with van der Waals surface area (Å²) < 4.78 is 0. The van der Waals surface area contributed by atoms with Gasteiger partial charge in [0.15, 0.2) is 0 Å². The van der Waals surface area contributed by atoms with E-state index in [1.165, 1.54) is 17.7 Å². The van der Waals surface area contributed by atoms with Crippen LogP contribution in [0.25, 0.3) is 0 Å². The molecular formula is C12H19ClN2S. The molecule has 1 N–H and O–H groups in total. The van der Waals surface area contributed by atoms with Gasteiger partial charge >= 0.3 is 0 Å². The van der Waals surface area contributed by atoms with Gasteiger partial charge in [-0.05, 0) is 37.3 Å². The first-order valence-corrected chi connectivity index (χ1v) is 7.14. The van der Waals surface area contributed by atoms with Crippen LogP contribution < -0.4 is 5.32 Å². The summed E-state index contributed by atoms with van der Waals surface area (Å²) >= 11 is 8.08. The van der Waals surface area contributed by atoms with Crippen LogP contribution in [-0.4, -0.2) is 29.6 Å². The van der Waals surface area contributed by atoms with Gasteiger partial charge in [-0.1, -0.05) is 18.5 Å². The zero-order chi connectivity index (χ0) is 11.8. The molecule has 0 spiro atoms. The van der Waals surface area contributed by atoms with Crippen molar-refractivity contribution in [2.75, 3.05) is 18.6 Å². The molecule has 90 valence electrons. The lowest BCUT2D eigenvalue weighted by molar-refractivity contribution is 0.617. The van der Waals surface area contributed by atoms with Crippen molar-refractivity contribution in [3.63, 3.8) is 0 Å². The van der Waals surface area contributed by atoms with E-state index < -0.39 is 0 Å². The Bertz CT molecular complexity index is 307. The van der Waals surface area contributed by atoms with E-state index in [2.05, 4.69) is 17.2 Å². The summed E-state index contributed by atoms with van der Waals surface area (Å²) in [5.74, 6) is 2.35. The molecule has 1 atom stereocenters. The number of rotatable bonds is 7. The van der Waals surface area contributed by atoms with Crippen LogP contribution in [0.5, 0.6) is 0 Å². The van der Waals surface area contributed by atoms with E-state index in [0.29, 0.717) is 6.04 Å². The van der Waals surface area contributed by atoms with Crippen LogP contribution >= 0.6 is 23.4 Å². The lowest BCUT2D eigenvalue weighted by Gasteiger charge is -2.16. The standard InChI is InChI=1S/C12H19ClN2S/c1-3-6-16-9-11(14-2)7-10-4-5-15-8-12(10)13/h4-5,8,11,14H,3,6-7,9H2,1-2H3. The van der Waals surface area contributed by atoms with Crippen molar-refractivity contribution in [3.05, 3.63) is 29.0 Å². The monoisotopic (exact) mass is 258 g/mol. The van der Waals surface area contributed by atoms with Crippen LogP contribution in [-0.2, 0) is 6.42 Å². The van der Waals surface area contributed by atoms with Crippen LogP contribution in [0.4, 0.5) is 0 Å². The van der Waals surface area contributed by atoms with E-state index in [4.69, 9.17) is 11.6 Å². The quantitative estimate of drug-likeness (QED) is 0.761. The molecule has 0 amide bonds. The highest BCUT2D eigenvalue weighted by Gasteiger charge is 2.09. The Morgan fingerprint density at radius 1 is 1.56 bits per heavy atom. The highest BCUT2D eigenvalue weighted by atomic mass is 35.5. The van der Waals surface area contributed by atoms with Crippen LogP contribution in [0.2, 0.25) is 5.02 Å². The summed E-state index contributed by atoms with van der Waals surface area (Å²) in [4.78, 5) is 4.00. The Morgan fingerprint density at radius 2 is 2.38 bits per heavy atom. The van der Waals surface area contributed by atoms with Gasteiger partial charge in [-0.15, -0.1) is 0 Å². The summed E-state index contributed by atoms with van der Waals surface area (Å²) in [6.45, 7) is 2.21. The molecule has 0 aliphatic carbocycles. The molecule has 1 aromatic rings. The largest absolute Gasteiger partial charge is 0.316 e. The molecule has 0 radical (unpaired) electrons. The summed E-state index contributed by atoms with van der Waals surface area (Å²) in [6.07, 6.45) is 5.71. The van der Waals surface area contributed by atoms with Gasteiger partial charge in [0, 0.05) is 24.2 Å². The Hall–Kier alpha value is -0.250. The smallest absolute Gasteiger partial charge is 0.0621 e. The molecule has 2 nitrogen and oxygen atoms in total. The van der Waals surface area contributed by atoms with Crippen LogP contribution in [0.3, 0.4) is 0 Å². The van der Waals surface area contributed by atoms with Gasteiger partial charge in [0.25, 0.3) is 0 Å². The molecule has 0 aliphatic heterocycles. The number of nitrogens with one attached hydrogen (secondary N) is 1. The molecule has 0 bridgehead atoms. The van der Waals surface area contributed by atoms with Crippen LogP contribution in [0.1, 0.15) is 18.9 Å². The average Bonchev–Trinajstić information content (AvgIpc) is 2.30. The maximum atomic E-state index is 6.09. The number of hydrogen-bond donors (Lipinski definition) is 1. The Labute approximate surface area is 107 Å². The number of nitrogens with zero attached hydrogens (tertiary/aromatic N) is 1. The normalized spacial score (nSPS) is 12.7. The molecule has 1 heterocycles. The molecule has 0 aromatic carbocycles. The highest BCUT2D eigenvalue weighted by molar-refractivity contribution is 7.99. The van der Waals surface area contributed by atoms with E-state index in [9.17, 15) is 0 Å². The highest BCUT2D eigenvalue weighted by Crippen LogP contribution is 2.17. The first kappa shape index (κ1) is 13.8. The Balaban J connectivity index is 2.46. The predicted octanol–water partition coefficient (Wildman–Crippen LogP) is 3.01. The Kier molecular flexibility index (Phi) is 6.85. The maximum absolute atomic E-state index is 6.09. The second-order valence-corrected chi connectivity index (χ2v) is 5.29. The topological polar surface area (TPSA) is 24.9 Å². The second kappa shape index (κ2) is 7.93. The van der Waals surface area contributed by atoms with Gasteiger partial charge < -0.3 is 5.32 Å². The average molecular weight is 259 g/mol. The minimum absolute atomic E-state index is 0.483. The number of likely N-dealkylation sites (N-methyl/N-ethyl adjacent to an activating group) is 1. The van der Waals surface area contributed by atoms with Crippen molar-refractivity contribution in [1.82, 2.24) is 10.3 Å². The van der Waals surface area contributed by atoms with E-state index >= 15 is 0 Å². The molecule has 0 fully saturated rings. The molecule has 16 heavy (non-hydrogen) atoms. The lowest BCUT2D eigenvalue weighted by atomic mass is 10.1. The fourth-order valence-electron chi connectivity index (χ4n) is 1.45. The van der Waals surface area contributed by atoms with Gasteiger partial charge in [0.05, 0.1) is 5.02 Å². The maximum Gasteiger partial charge on any atom is 0.0621 e. The second-order valence-electron chi connectivity index (χ2n) is 3.73. The molecule has 4 heteroatoms. The zero-order valence-electron chi connectivity index (χ0n) is 9.87. The van der Waals surface area contributed by atoms with Crippen LogP contribution in [0, 0.1) is 0 Å². The number of thioether (sulfide) groups is 1. The van der Waals surface area contributed by atoms with E-state index in [1.54, 1.807) is 12.4 Å². The number of halogens is 1. The molecule has 1 rings (SSSR count). The van der Waals surface area contributed by atoms with Crippen molar-refractivity contribution in [3.8, 4) is 0 Å². The fraction of sp³-hybridized carbons (Fsp3) is 0.583. The SMILES string of the molecule is CCCSCC(Cc1ccncc1Cl)NC. The van der Waals surface area contributed by atoms with Crippen molar-refractivity contribution >= 4 is 23.4 Å². The Morgan fingerprint density at radius 3 is 3.00 bits per heavy atom. The van der Waals surface area contributed by atoms with Gasteiger partial charge in [-0.25, -0.2) is 0 Å². The molecular weight excluding hydrogens is 240 g/mol. The minimum atomic E-state index is 0.483. The summed E-state index contributed by atoms with van der Waals surface area (Å²) in [6, 6.07) is 2.48. The molecule has 0 aliphatic rings. The fourth-order valence-corrected chi connectivity index (χ4v) is 2.67. The zero-order valence-corrected chi connectivity index (χ0v) is 11.4. The van der Waals surface area contributed by atoms with Crippen molar-refractivity contribution in [1.29, 1.82) is 0 Å². The van der Waals surface area contributed by atoms with Gasteiger partial charge in [0.1, 0.15) is 0 Å². The van der Waals surface area contributed by atoms with Gasteiger partial charge in [0.2, 0.25) is 0 Å². The third kappa shape index (κ3) is 4.73. The van der Waals surface area contributed by atoms with Crippen molar-refractivity contribution < 1.29 is 0 Å². The van der Waals surface area contributed by atoms with Gasteiger partial charge in [-0.3, -0.25) is 4.98 Å². The summed E-state index contributed by atoms with van der Waals surface area (Å²) in [7, 11) is 2.01. The predicted molar refractivity (Wildman–Crippen MR) is 73.4 cm³/mol. The van der Waals surface area contributed by atoms with Gasteiger partial charge in [-0.2, -0.15) is 11.8 Å². The van der Waals surface area contributed by atoms with E-state index in [0.717, 1.165) is 17.2 Å². The lowest BCUT2D eigenvalue weighted by Crippen LogP contribution is -2.30. The third-order valence-corrected chi connectivity index (χ3v) is 4.07.